The number of hydrogen-bond donors (Lipinski definition) is 2. The van der Waals surface area contributed by atoms with Gasteiger partial charge in [0.15, 0.2) is 5.96 Å². The van der Waals surface area contributed by atoms with E-state index in [1.54, 1.807) is 14.2 Å². The van der Waals surface area contributed by atoms with Crippen LogP contribution in [0.2, 0.25) is 0 Å². The van der Waals surface area contributed by atoms with Crippen molar-refractivity contribution in [2.45, 2.75) is 26.1 Å². The third-order valence-corrected chi connectivity index (χ3v) is 4.68. The summed E-state index contributed by atoms with van der Waals surface area (Å²) < 4.78 is 10.8. The van der Waals surface area contributed by atoms with Crippen LogP contribution in [0.3, 0.4) is 0 Å². The SMILES string of the molecule is CN=C(NCc1ccc(OC)cc1)NCc1ccc(N2CCOC(C)C2)nc1.I. The fourth-order valence-corrected chi connectivity index (χ4v) is 3.07. The zero-order valence-corrected chi connectivity index (χ0v) is 19.6. The molecule has 1 aliphatic heterocycles. The summed E-state index contributed by atoms with van der Waals surface area (Å²) in [5.74, 6) is 2.61. The molecule has 1 aliphatic rings. The molecule has 0 radical (unpaired) electrons. The highest BCUT2D eigenvalue weighted by molar-refractivity contribution is 14.0. The molecule has 29 heavy (non-hydrogen) atoms. The van der Waals surface area contributed by atoms with Gasteiger partial charge < -0.3 is 25.0 Å². The lowest BCUT2D eigenvalue weighted by Crippen LogP contribution is -2.41. The highest BCUT2D eigenvalue weighted by Crippen LogP contribution is 2.15. The Morgan fingerprint density at radius 1 is 1.17 bits per heavy atom. The number of hydrogen-bond acceptors (Lipinski definition) is 5. The zero-order chi connectivity index (χ0) is 19.8. The standard InChI is InChI=1S/C21H29N5O2.HI/c1-16-15-26(10-11-28-16)20-9-6-18(13-23-20)14-25-21(22-2)24-12-17-4-7-19(27-3)8-5-17;/h4-9,13,16H,10-12,14-15H2,1-3H3,(H2,22,24,25);1H. The van der Waals surface area contributed by atoms with Crippen LogP contribution in [0, 0.1) is 0 Å². The predicted molar refractivity (Wildman–Crippen MR) is 127 cm³/mol. The van der Waals surface area contributed by atoms with Crippen molar-refractivity contribution in [1.82, 2.24) is 15.6 Å². The van der Waals surface area contributed by atoms with Gasteiger partial charge in [0.2, 0.25) is 0 Å². The molecule has 1 saturated heterocycles. The smallest absolute Gasteiger partial charge is 0.191 e. The summed E-state index contributed by atoms with van der Waals surface area (Å²) >= 11 is 0. The summed E-state index contributed by atoms with van der Waals surface area (Å²) in [4.78, 5) is 11.2. The van der Waals surface area contributed by atoms with Gasteiger partial charge in [0.1, 0.15) is 11.6 Å². The van der Waals surface area contributed by atoms with E-state index in [4.69, 9.17) is 9.47 Å². The van der Waals surface area contributed by atoms with Crippen molar-refractivity contribution in [2.24, 2.45) is 4.99 Å². The minimum atomic E-state index is 0. The van der Waals surface area contributed by atoms with E-state index in [-0.39, 0.29) is 30.1 Å². The minimum absolute atomic E-state index is 0. The van der Waals surface area contributed by atoms with Crippen molar-refractivity contribution in [3.8, 4) is 5.75 Å². The maximum Gasteiger partial charge on any atom is 0.191 e. The van der Waals surface area contributed by atoms with Gasteiger partial charge in [0.25, 0.3) is 0 Å². The van der Waals surface area contributed by atoms with E-state index in [1.807, 2.05) is 30.5 Å². The number of aliphatic imine (C=N–C) groups is 1. The average Bonchev–Trinajstić information content (AvgIpc) is 2.74. The largest absolute Gasteiger partial charge is 0.497 e. The van der Waals surface area contributed by atoms with Gasteiger partial charge in [-0.05, 0) is 36.2 Å². The Bertz CT molecular complexity index is 768. The number of nitrogens with one attached hydrogen (secondary N) is 2. The van der Waals surface area contributed by atoms with E-state index in [0.29, 0.717) is 13.1 Å². The van der Waals surface area contributed by atoms with Gasteiger partial charge in [0.05, 0.1) is 19.8 Å². The van der Waals surface area contributed by atoms with E-state index >= 15 is 0 Å². The monoisotopic (exact) mass is 511 g/mol. The van der Waals surface area contributed by atoms with Gasteiger partial charge in [0, 0.05) is 39.4 Å². The molecular formula is C21H30IN5O2. The lowest BCUT2D eigenvalue weighted by molar-refractivity contribution is 0.0529. The molecule has 1 aromatic carbocycles. The first-order chi connectivity index (χ1) is 13.7. The Hall–Kier alpha value is -2.07. The topological polar surface area (TPSA) is 71.0 Å². The summed E-state index contributed by atoms with van der Waals surface area (Å²) in [5.41, 5.74) is 2.27. The second kappa shape index (κ2) is 11.8. The number of methoxy groups -OCH3 is 1. The van der Waals surface area contributed by atoms with Gasteiger partial charge in [-0.2, -0.15) is 0 Å². The number of aromatic nitrogens is 1. The molecule has 1 unspecified atom stereocenters. The normalized spacial score (nSPS) is 16.7. The molecular weight excluding hydrogens is 481 g/mol. The fourth-order valence-electron chi connectivity index (χ4n) is 3.07. The molecule has 158 valence electrons. The van der Waals surface area contributed by atoms with Crippen LogP contribution in [0.5, 0.6) is 5.75 Å². The molecule has 2 N–H and O–H groups in total. The van der Waals surface area contributed by atoms with Crippen molar-refractivity contribution in [3.05, 3.63) is 53.7 Å². The molecule has 0 amide bonds. The molecule has 3 rings (SSSR count). The number of pyridine rings is 1. The van der Waals surface area contributed by atoms with E-state index in [2.05, 4.69) is 44.6 Å². The maximum absolute atomic E-state index is 5.59. The van der Waals surface area contributed by atoms with Crippen molar-refractivity contribution in [1.29, 1.82) is 0 Å². The number of guanidine groups is 1. The number of halogens is 1. The average molecular weight is 511 g/mol. The number of rotatable bonds is 6. The Balaban J connectivity index is 0.00000300. The molecule has 1 atom stereocenters. The first-order valence-electron chi connectivity index (χ1n) is 9.57. The Labute approximate surface area is 189 Å². The van der Waals surface area contributed by atoms with Crippen LogP contribution in [0.1, 0.15) is 18.1 Å². The molecule has 0 bridgehead atoms. The second-order valence-electron chi connectivity index (χ2n) is 6.78. The van der Waals surface area contributed by atoms with E-state index in [9.17, 15) is 0 Å². The molecule has 1 fully saturated rings. The van der Waals surface area contributed by atoms with Gasteiger partial charge in [-0.15, -0.1) is 24.0 Å². The maximum atomic E-state index is 5.59. The van der Waals surface area contributed by atoms with Crippen molar-refractivity contribution in [2.75, 3.05) is 38.8 Å². The quantitative estimate of drug-likeness (QED) is 0.353. The number of nitrogens with zero attached hydrogens (tertiary/aromatic N) is 3. The first kappa shape index (κ1) is 23.2. The van der Waals surface area contributed by atoms with Crippen LogP contribution in [0.25, 0.3) is 0 Å². The molecule has 2 aromatic rings. The van der Waals surface area contributed by atoms with Crippen molar-refractivity contribution < 1.29 is 9.47 Å². The number of benzene rings is 1. The summed E-state index contributed by atoms with van der Waals surface area (Å²) in [6.07, 6.45) is 2.16. The zero-order valence-electron chi connectivity index (χ0n) is 17.2. The lowest BCUT2D eigenvalue weighted by atomic mass is 10.2. The fraction of sp³-hybridized carbons (Fsp3) is 0.429. The van der Waals surface area contributed by atoms with E-state index in [1.165, 1.54) is 0 Å². The molecule has 1 aromatic heterocycles. The first-order valence-corrected chi connectivity index (χ1v) is 9.57. The van der Waals surface area contributed by atoms with E-state index in [0.717, 1.165) is 48.4 Å². The Morgan fingerprint density at radius 3 is 2.45 bits per heavy atom. The van der Waals surface area contributed by atoms with Gasteiger partial charge >= 0.3 is 0 Å². The van der Waals surface area contributed by atoms with Gasteiger partial charge in [-0.25, -0.2) is 4.98 Å². The van der Waals surface area contributed by atoms with Crippen LogP contribution in [0.15, 0.2) is 47.6 Å². The number of anilines is 1. The summed E-state index contributed by atoms with van der Waals surface area (Å²) in [6.45, 7) is 5.96. The minimum Gasteiger partial charge on any atom is -0.497 e. The Morgan fingerprint density at radius 2 is 1.86 bits per heavy atom. The molecule has 0 aliphatic carbocycles. The molecule has 8 heteroatoms. The molecule has 2 heterocycles. The predicted octanol–water partition coefficient (Wildman–Crippen LogP) is 2.80. The summed E-state index contributed by atoms with van der Waals surface area (Å²) in [7, 11) is 3.44. The third kappa shape index (κ3) is 7.04. The van der Waals surface area contributed by atoms with Crippen LogP contribution in [-0.2, 0) is 17.8 Å². The van der Waals surface area contributed by atoms with Crippen LogP contribution in [0.4, 0.5) is 5.82 Å². The molecule has 0 spiro atoms. The third-order valence-electron chi connectivity index (χ3n) is 4.68. The molecule has 0 saturated carbocycles. The highest BCUT2D eigenvalue weighted by atomic mass is 127. The molecule has 7 nitrogen and oxygen atoms in total. The van der Waals surface area contributed by atoms with Gasteiger partial charge in [-0.1, -0.05) is 18.2 Å². The summed E-state index contributed by atoms with van der Waals surface area (Å²) in [6, 6.07) is 12.2. The Kier molecular flexibility index (Phi) is 9.46. The number of morpholine rings is 1. The van der Waals surface area contributed by atoms with E-state index < -0.39 is 0 Å². The highest BCUT2D eigenvalue weighted by Gasteiger charge is 2.17. The van der Waals surface area contributed by atoms with Gasteiger partial charge in [-0.3, -0.25) is 4.99 Å². The van der Waals surface area contributed by atoms with Crippen LogP contribution in [-0.4, -0.2) is 50.9 Å². The second-order valence-corrected chi connectivity index (χ2v) is 6.78. The van der Waals surface area contributed by atoms with Crippen molar-refractivity contribution >= 4 is 35.8 Å². The van der Waals surface area contributed by atoms with Crippen LogP contribution >= 0.6 is 24.0 Å². The van der Waals surface area contributed by atoms with Crippen molar-refractivity contribution in [3.63, 3.8) is 0 Å². The summed E-state index contributed by atoms with van der Waals surface area (Å²) in [5, 5.41) is 6.64. The lowest BCUT2D eigenvalue weighted by Gasteiger charge is -2.32. The van der Waals surface area contributed by atoms with Crippen LogP contribution < -0.4 is 20.3 Å². The number of ether oxygens (including phenoxy) is 2.